The number of H-pyrrole nitrogens is 1. The molecule has 120 valence electrons. The number of aromatic amines is 1. The highest BCUT2D eigenvalue weighted by atomic mass is 16.2. The molecule has 0 atom stereocenters. The second-order valence-corrected chi connectivity index (χ2v) is 5.38. The van der Waals surface area contributed by atoms with E-state index in [1.807, 2.05) is 18.2 Å². The molecule has 6 nitrogen and oxygen atoms in total. The lowest BCUT2D eigenvalue weighted by Gasteiger charge is -2.09. The van der Waals surface area contributed by atoms with Crippen molar-refractivity contribution in [2.24, 2.45) is 5.73 Å². The van der Waals surface area contributed by atoms with Crippen molar-refractivity contribution in [3.63, 3.8) is 0 Å². The Bertz CT molecular complexity index is 973. The van der Waals surface area contributed by atoms with Crippen LogP contribution < -0.4 is 11.1 Å². The number of amides is 2. The van der Waals surface area contributed by atoms with Gasteiger partial charge in [0.05, 0.1) is 11.1 Å². The van der Waals surface area contributed by atoms with E-state index in [1.54, 1.807) is 30.5 Å². The fourth-order valence-corrected chi connectivity index (χ4v) is 2.60. The molecule has 2 amide bonds. The lowest BCUT2D eigenvalue weighted by molar-refractivity contribution is -0.133. The number of carbonyl (C=O) groups excluding carboxylic acids is 3. The van der Waals surface area contributed by atoms with Gasteiger partial charge in [-0.25, -0.2) is 0 Å². The number of nitrogens with two attached hydrogens (primary N) is 1. The number of carbonyl (C=O) groups is 3. The molecule has 3 rings (SSSR count). The zero-order chi connectivity index (χ0) is 17.3. The number of rotatable bonds is 4. The van der Waals surface area contributed by atoms with Crippen molar-refractivity contribution in [1.82, 2.24) is 4.98 Å². The molecule has 0 radical (unpaired) electrons. The predicted octanol–water partition coefficient (Wildman–Crippen LogP) is 2.46. The summed E-state index contributed by atoms with van der Waals surface area (Å²) in [5.74, 6) is -1.72. The lowest BCUT2D eigenvalue weighted by atomic mass is 9.98. The first-order chi connectivity index (χ1) is 11.5. The summed E-state index contributed by atoms with van der Waals surface area (Å²) >= 11 is 0. The largest absolute Gasteiger partial charge is 0.366 e. The predicted molar refractivity (Wildman–Crippen MR) is 91.6 cm³/mol. The molecule has 3 aromatic rings. The molecule has 0 unspecified atom stereocenters. The summed E-state index contributed by atoms with van der Waals surface area (Å²) < 4.78 is 0. The van der Waals surface area contributed by atoms with E-state index >= 15 is 0 Å². The Kier molecular flexibility index (Phi) is 3.87. The van der Waals surface area contributed by atoms with E-state index in [9.17, 15) is 14.4 Å². The van der Waals surface area contributed by atoms with Crippen LogP contribution in [0.4, 0.5) is 5.69 Å². The fraction of sp³-hybridized carbons (Fsp3) is 0.0556. The second kappa shape index (κ2) is 6.00. The van der Waals surface area contributed by atoms with Crippen LogP contribution in [0.2, 0.25) is 0 Å². The number of hydrogen-bond donors (Lipinski definition) is 3. The lowest BCUT2D eigenvalue weighted by Crippen LogP contribution is -2.19. The molecule has 0 spiro atoms. The van der Waals surface area contributed by atoms with E-state index < -0.39 is 17.6 Å². The van der Waals surface area contributed by atoms with Crippen LogP contribution in [0.25, 0.3) is 22.0 Å². The van der Waals surface area contributed by atoms with E-state index in [0.717, 1.165) is 16.5 Å². The Morgan fingerprint density at radius 2 is 1.88 bits per heavy atom. The molecular formula is C18H15N3O3. The quantitative estimate of drug-likeness (QED) is 0.643. The van der Waals surface area contributed by atoms with Crippen molar-refractivity contribution in [2.75, 3.05) is 5.32 Å². The van der Waals surface area contributed by atoms with Gasteiger partial charge < -0.3 is 16.0 Å². The number of benzene rings is 2. The van der Waals surface area contributed by atoms with E-state index in [2.05, 4.69) is 10.3 Å². The Labute approximate surface area is 137 Å². The Hall–Kier alpha value is -3.41. The minimum Gasteiger partial charge on any atom is -0.366 e. The van der Waals surface area contributed by atoms with Gasteiger partial charge in [0.15, 0.2) is 0 Å². The molecule has 0 bridgehead atoms. The van der Waals surface area contributed by atoms with Gasteiger partial charge in [0.1, 0.15) is 0 Å². The first-order valence-electron chi connectivity index (χ1n) is 7.29. The number of fused-ring (bicyclic) bond motifs is 1. The van der Waals surface area contributed by atoms with E-state index in [1.165, 1.54) is 6.92 Å². The van der Waals surface area contributed by atoms with Crippen molar-refractivity contribution < 1.29 is 14.4 Å². The van der Waals surface area contributed by atoms with E-state index in [4.69, 9.17) is 5.73 Å². The van der Waals surface area contributed by atoms with Gasteiger partial charge in [-0.2, -0.15) is 0 Å². The third-order valence-corrected chi connectivity index (χ3v) is 3.74. The molecule has 1 heterocycles. The number of Topliss-reactive ketones (excluding diaryl/α,β-unsaturated/α-hetero) is 1. The van der Waals surface area contributed by atoms with Crippen molar-refractivity contribution in [1.29, 1.82) is 0 Å². The van der Waals surface area contributed by atoms with Crippen LogP contribution in [0.3, 0.4) is 0 Å². The maximum Gasteiger partial charge on any atom is 0.291 e. The number of aromatic nitrogens is 1. The van der Waals surface area contributed by atoms with E-state index in [-0.39, 0.29) is 0 Å². The number of ketones is 1. The van der Waals surface area contributed by atoms with E-state index in [0.29, 0.717) is 16.8 Å². The van der Waals surface area contributed by atoms with Crippen LogP contribution in [0.5, 0.6) is 0 Å². The minimum absolute atomic E-state index is 0.416. The van der Waals surface area contributed by atoms with Crippen molar-refractivity contribution in [3.8, 4) is 11.1 Å². The van der Waals surface area contributed by atoms with Gasteiger partial charge in [-0.05, 0) is 35.4 Å². The first-order valence-corrected chi connectivity index (χ1v) is 7.29. The molecular weight excluding hydrogens is 306 g/mol. The third kappa shape index (κ3) is 2.77. The Morgan fingerprint density at radius 1 is 1.08 bits per heavy atom. The maximum atomic E-state index is 11.5. The van der Waals surface area contributed by atoms with Crippen molar-refractivity contribution in [3.05, 3.63) is 54.2 Å². The molecule has 6 heteroatoms. The number of nitrogens with one attached hydrogen (secondary N) is 2. The highest BCUT2D eigenvalue weighted by molar-refractivity contribution is 6.39. The monoisotopic (exact) mass is 321 g/mol. The Morgan fingerprint density at radius 3 is 2.58 bits per heavy atom. The summed E-state index contributed by atoms with van der Waals surface area (Å²) in [6.07, 6.45) is 1.74. The molecule has 24 heavy (non-hydrogen) atoms. The summed E-state index contributed by atoms with van der Waals surface area (Å²) in [7, 11) is 0. The van der Waals surface area contributed by atoms with Crippen molar-refractivity contribution >= 4 is 34.2 Å². The molecule has 0 aliphatic carbocycles. The zero-order valence-corrected chi connectivity index (χ0v) is 12.9. The van der Waals surface area contributed by atoms with Gasteiger partial charge in [0.25, 0.3) is 11.8 Å². The Balaban J connectivity index is 2.07. The van der Waals surface area contributed by atoms with Gasteiger partial charge in [0.2, 0.25) is 5.78 Å². The summed E-state index contributed by atoms with van der Waals surface area (Å²) in [4.78, 5) is 37.2. The average molecular weight is 321 g/mol. The summed E-state index contributed by atoms with van der Waals surface area (Å²) in [6, 6.07) is 12.5. The highest BCUT2D eigenvalue weighted by Crippen LogP contribution is 2.31. The third-order valence-electron chi connectivity index (χ3n) is 3.74. The average Bonchev–Trinajstić information content (AvgIpc) is 3.03. The van der Waals surface area contributed by atoms with Gasteiger partial charge in [-0.1, -0.05) is 18.2 Å². The van der Waals surface area contributed by atoms with Crippen LogP contribution in [0.1, 0.15) is 17.3 Å². The van der Waals surface area contributed by atoms with Gasteiger partial charge in [-0.15, -0.1) is 0 Å². The maximum absolute atomic E-state index is 11.5. The second-order valence-electron chi connectivity index (χ2n) is 5.38. The number of hydrogen-bond acceptors (Lipinski definition) is 3. The molecule has 0 fully saturated rings. The molecule has 2 aromatic carbocycles. The van der Waals surface area contributed by atoms with Gasteiger partial charge in [-0.3, -0.25) is 14.4 Å². The SMILES string of the molecule is CC(=O)C(=O)Nc1cccc(-c2ccc(C(N)=O)c3[nH]ccc23)c1. The molecule has 0 aliphatic heterocycles. The van der Waals surface area contributed by atoms with Crippen LogP contribution in [-0.2, 0) is 9.59 Å². The van der Waals surface area contributed by atoms with Crippen LogP contribution >= 0.6 is 0 Å². The molecule has 4 N–H and O–H groups in total. The number of anilines is 1. The minimum atomic E-state index is -0.664. The van der Waals surface area contributed by atoms with Gasteiger partial charge >= 0.3 is 0 Å². The van der Waals surface area contributed by atoms with Crippen LogP contribution in [-0.4, -0.2) is 22.6 Å². The smallest absolute Gasteiger partial charge is 0.291 e. The van der Waals surface area contributed by atoms with Crippen molar-refractivity contribution in [2.45, 2.75) is 6.92 Å². The standard InChI is InChI=1S/C18H15N3O3/c1-10(22)18(24)21-12-4-2-3-11(9-12)13-5-6-15(17(19)23)16-14(13)7-8-20-16/h2-9,20H,1H3,(H2,19,23)(H,21,24). The normalized spacial score (nSPS) is 10.5. The fourth-order valence-electron chi connectivity index (χ4n) is 2.60. The summed E-state index contributed by atoms with van der Waals surface area (Å²) in [6.45, 7) is 1.21. The van der Waals surface area contributed by atoms with Gasteiger partial charge in [0, 0.05) is 24.2 Å². The van der Waals surface area contributed by atoms with Crippen LogP contribution in [0.15, 0.2) is 48.7 Å². The molecule has 0 aliphatic rings. The molecule has 0 saturated carbocycles. The highest BCUT2D eigenvalue weighted by Gasteiger charge is 2.13. The topological polar surface area (TPSA) is 105 Å². The van der Waals surface area contributed by atoms with Crippen LogP contribution in [0, 0.1) is 0 Å². The zero-order valence-electron chi connectivity index (χ0n) is 12.9. The summed E-state index contributed by atoms with van der Waals surface area (Å²) in [5.41, 5.74) is 8.73. The molecule has 1 aromatic heterocycles. The first kappa shape index (κ1) is 15.5. The molecule has 0 saturated heterocycles. The summed E-state index contributed by atoms with van der Waals surface area (Å²) in [5, 5.41) is 3.40. The number of primary amides is 1.